The quantitative estimate of drug-likeness (QED) is 0.462. The molecule has 0 aromatic carbocycles. The van der Waals surface area contributed by atoms with Crippen LogP contribution in [0.2, 0.25) is 0 Å². The van der Waals surface area contributed by atoms with Gasteiger partial charge in [-0.3, -0.25) is 0 Å². The number of rotatable bonds is 1. The lowest BCUT2D eigenvalue weighted by Crippen LogP contribution is -1.94. The third kappa shape index (κ3) is 0.788. The van der Waals surface area contributed by atoms with Crippen molar-refractivity contribution in [2.75, 3.05) is 0 Å². The van der Waals surface area contributed by atoms with Crippen LogP contribution in [0.15, 0.2) is 6.20 Å². The SMILES string of the molecule is NCc1cnc(O)[nH]1. The highest BCUT2D eigenvalue weighted by molar-refractivity contribution is 5.02. The fraction of sp³-hybridized carbons (Fsp3) is 0.250. The van der Waals surface area contributed by atoms with Crippen LogP contribution >= 0.6 is 0 Å². The predicted molar refractivity (Wildman–Crippen MR) is 28.1 cm³/mol. The Morgan fingerprint density at radius 3 is 2.88 bits per heavy atom. The molecule has 0 spiro atoms. The lowest BCUT2D eigenvalue weighted by atomic mass is 10.5. The smallest absolute Gasteiger partial charge is 0.291 e. The van der Waals surface area contributed by atoms with E-state index in [0.717, 1.165) is 5.69 Å². The Kier molecular flexibility index (Phi) is 1.17. The summed E-state index contributed by atoms with van der Waals surface area (Å²) in [5.41, 5.74) is 5.92. The molecule has 0 unspecified atom stereocenters. The van der Waals surface area contributed by atoms with Crippen LogP contribution in [0.4, 0.5) is 0 Å². The Balaban J connectivity index is 2.84. The fourth-order valence-corrected chi connectivity index (χ4v) is 0.451. The van der Waals surface area contributed by atoms with Gasteiger partial charge in [0.1, 0.15) is 0 Å². The van der Waals surface area contributed by atoms with E-state index in [2.05, 4.69) is 9.97 Å². The van der Waals surface area contributed by atoms with Gasteiger partial charge in [-0.25, -0.2) is 4.98 Å². The highest BCUT2D eigenvalue weighted by Gasteiger charge is 1.91. The molecule has 8 heavy (non-hydrogen) atoms. The van der Waals surface area contributed by atoms with Gasteiger partial charge in [-0.1, -0.05) is 0 Å². The summed E-state index contributed by atoms with van der Waals surface area (Å²) < 4.78 is 0. The molecule has 0 atom stereocenters. The molecule has 0 aliphatic heterocycles. The van der Waals surface area contributed by atoms with E-state index >= 15 is 0 Å². The first kappa shape index (κ1) is 5.11. The number of aromatic nitrogens is 2. The molecule has 1 rings (SSSR count). The molecule has 0 bridgehead atoms. The maximum Gasteiger partial charge on any atom is 0.291 e. The van der Waals surface area contributed by atoms with Gasteiger partial charge in [0.25, 0.3) is 6.01 Å². The minimum absolute atomic E-state index is 0.0783. The van der Waals surface area contributed by atoms with Crippen LogP contribution in [0.1, 0.15) is 5.69 Å². The number of nitrogens with two attached hydrogens (primary N) is 1. The van der Waals surface area contributed by atoms with E-state index in [1.165, 1.54) is 6.20 Å². The molecule has 4 heteroatoms. The Morgan fingerprint density at radius 1 is 1.88 bits per heavy atom. The predicted octanol–water partition coefficient (Wildman–Crippen LogP) is -0.426. The third-order valence-electron chi connectivity index (χ3n) is 0.835. The van der Waals surface area contributed by atoms with Gasteiger partial charge in [-0.05, 0) is 0 Å². The van der Waals surface area contributed by atoms with E-state index < -0.39 is 0 Å². The van der Waals surface area contributed by atoms with Crippen LogP contribution in [-0.4, -0.2) is 15.1 Å². The van der Waals surface area contributed by atoms with Gasteiger partial charge in [0.2, 0.25) is 0 Å². The maximum atomic E-state index is 8.56. The molecule has 4 nitrogen and oxygen atoms in total. The number of H-pyrrole nitrogens is 1. The lowest BCUT2D eigenvalue weighted by molar-refractivity contribution is 0.435. The van der Waals surface area contributed by atoms with E-state index in [-0.39, 0.29) is 6.01 Å². The van der Waals surface area contributed by atoms with Gasteiger partial charge >= 0.3 is 0 Å². The number of hydrogen-bond donors (Lipinski definition) is 3. The van der Waals surface area contributed by atoms with Crippen LogP contribution in [-0.2, 0) is 6.54 Å². The van der Waals surface area contributed by atoms with Crippen molar-refractivity contribution in [3.05, 3.63) is 11.9 Å². The monoisotopic (exact) mass is 113 g/mol. The molecule has 0 saturated heterocycles. The molecule has 1 heterocycles. The zero-order valence-electron chi connectivity index (χ0n) is 4.26. The minimum Gasteiger partial charge on any atom is -0.480 e. The number of nitrogens with zero attached hydrogens (tertiary/aromatic N) is 1. The highest BCUT2D eigenvalue weighted by Crippen LogP contribution is 1.99. The summed E-state index contributed by atoms with van der Waals surface area (Å²) in [6.45, 7) is 0.382. The van der Waals surface area contributed by atoms with E-state index in [9.17, 15) is 0 Å². The van der Waals surface area contributed by atoms with Crippen molar-refractivity contribution in [3.8, 4) is 6.01 Å². The largest absolute Gasteiger partial charge is 0.480 e. The number of aromatic hydroxyl groups is 1. The van der Waals surface area contributed by atoms with Crippen LogP contribution in [0.5, 0.6) is 6.01 Å². The Labute approximate surface area is 46.4 Å². The molecule has 0 saturated carbocycles. The molecule has 44 valence electrons. The van der Waals surface area contributed by atoms with E-state index in [1.807, 2.05) is 0 Å². The molecule has 0 radical (unpaired) electrons. The van der Waals surface area contributed by atoms with Crippen molar-refractivity contribution < 1.29 is 5.11 Å². The van der Waals surface area contributed by atoms with Crippen molar-refractivity contribution in [2.24, 2.45) is 5.73 Å². The van der Waals surface area contributed by atoms with Crippen LogP contribution in [0.25, 0.3) is 0 Å². The standard InChI is InChI=1S/C4H7N3O/c5-1-3-2-6-4(8)7-3/h2H,1,5H2,(H2,6,7,8). The Bertz CT molecular complexity index is 172. The molecule has 0 aliphatic carbocycles. The Hall–Kier alpha value is -1.03. The summed E-state index contributed by atoms with van der Waals surface area (Å²) in [6, 6.07) is -0.0783. The van der Waals surface area contributed by atoms with Crippen LogP contribution in [0, 0.1) is 0 Å². The van der Waals surface area contributed by atoms with Crippen molar-refractivity contribution in [3.63, 3.8) is 0 Å². The molecule has 4 N–H and O–H groups in total. The van der Waals surface area contributed by atoms with Gasteiger partial charge in [0.15, 0.2) is 0 Å². The topological polar surface area (TPSA) is 74.9 Å². The summed E-state index contributed by atoms with van der Waals surface area (Å²) in [7, 11) is 0. The zero-order valence-corrected chi connectivity index (χ0v) is 4.26. The lowest BCUT2D eigenvalue weighted by Gasteiger charge is -1.81. The van der Waals surface area contributed by atoms with Crippen molar-refractivity contribution >= 4 is 0 Å². The van der Waals surface area contributed by atoms with Crippen molar-refractivity contribution in [1.82, 2.24) is 9.97 Å². The average Bonchev–Trinajstić information content (AvgIpc) is 2.14. The van der Waals surface area contributed by atoms with Gasteiger partial charge in [-0.2, -0.15) is 0 Å². The van der Waals surface area contributed by atoms with Crippen LogP contribution < -0.4 is 5.73 Å². The number of nitrogens with one attached hydrogen (secondary N) is 1. The summed E-state index contributed by atoms with van der Waals surface area (Å²) >= 11 is 0. The molecule has 1 aromatic rings. The first-order chi connectivity index (χ1) is 3.83. The maximum absolute atomic E-state index is 8.56. The number of aromatic amines is 1. The van der Waals surface area contributed by atoms with E-state index in [1.54, 1.807) is 0 Å². The summed E-state index contributed by atoms with van der Waals surface area (Å²) in [5.74, 6) is 0. The third-order valence-corrected chi connectivity index (χ3v) is 0.835. The van der Waals surface area contributed by atoms with Crippen molar-refractivity contribution in [2.45, 2.75) is 6.54 Å². The number of hydrogen-bond acceptors (Lipinski definition) is 3. The van der Waals surface area contributed by atoms with Crippen LogP contribution in [0.3, 0.4) is 0 Å². The second kappa shape index (κ2) is 1.83. The molecule has 1 aromatic heterocycles. The molecule has 0 amide bonds. The minimum atomic E-state index is -0.0783. The molecule has 0 aliphatic rings. The fourth-order valence-electron chi connectivity index (χ4n) is 0.451. The van der Waals surface area contributed by atoms with E-state index in [4.69, 9.17) is 10.8 Å². The molecule has 0 fully saturated rings. The first-order valence-corrected chi connectivity index (χ1v) is 2.26. The van der Waals surface area contributed by atoms with Gasteiger partial charge in [0.05, 0.1) is 11.9 Å². The summed E-state index contributed by atoms with van der Waals surface area (Å²) in [5, 5.41) is 8.56. The Morgan fingerprint density at radius 2 is 2.62 bits per heavy atom. The summed E-state index contributed by atoms with van der Waals surface area (Å²) in [6.07, 6.45) is 1.50. The average molecular weight is 113 g/mol. The second-order valence-corrected chi connectivity index (χ2v) is 1.44. The van der Waals surface area contributed by atoms with Gasteiger partial charge in [-0.15, -0.1) is 0 Å². The van der Waals surface area contributed by atoms with Crippen molar-refractivity contribution in [1.29, 1.82) is 0 Å². The summed E-state index contributed by atoms with van der Waals surface area (Å²) in [4.78, 5) is 6.05. The molecular weight excluding hydrogens is 106 g/mol. The second-order valence-electron chi connectivity index (χ2n) is 1.44. The first-order valence-electron chi connectivity index (χ1n) is 2.26. The normalized spacial score (nSPS) is 9.62. The number of imidazole rings is 1. The van der Waals surface area contributed by atoms with Gasteiger partial charge in [0, 0.05) is 6.54 Å². The molecular formula is C4H7N3O. The van der Waals surface area contributed by atoms with E-state index in [0.29, 0.717) is 6.54 Å². The van der Waals surface area contributed by atoms with Gasteiger partial charge < -0.3 is 15.8 Å². The highest BCUT2D eigenvalue weighted by atomic mass is 16.3. The zero-order chi connectivity index (χ0) is 5.98.